The SMILES string of the molecule is CCC(CC)(CNC)Cc1nnnn1-c1ccccc1. The van der Waals surface area contributed by atoms with Crippen molar-refractivity contribution in [3.63, 3.8) is 0 Å². The van der Waals surface area contributed by atoms with E-state index >= 15 is 0 Å². The summed E-state index contributed by atoms with van der Waals surface area (Å²) in [4.78, 5) is 0. The molecule has 20 heavy (non-hydrogen) atoms. The minimum Gasteiger partial charge on any atom is -0.319 e. The normalized spacial score (nSPS) is 11.8. The van der Waals surface area contributed by atoms with Crippen LogP contribution in [0.5, 0.6) is 0 Å². The summed E-state index contributed by atoms with van der Waals surface area (Å²) in [6, 6.07) is 10.1. The van der Waals surface area contributed by atoms with Crippen LogP contribution in [0.4, 0.5) is 0 Å². The lowest BCUT2D eigenvalue weighted by Gasteiger charge is -2.30. The molecule has 0 aliphatic rings. The molecule has 0 radical (unpaired) electrons. The lowest BCUT2D eigenvalue weighted by atomic mass is 9.79. The quantitative estimate of drug-likeness (QED) is 0.840. The number of nitrogens with one attached hydrogen (secondary N) is 1. The summed E-state index contributed by atoms with van der Waals surface area (Å²) in [5.41, 5.74) is 1.22. The molecule has 1 aromatic heterocycles. The Hall–Kier alpha value is -1.75. The number of para-hydroxylation sites is 1. The molecular formula is C15H23N5. The molecule has 0 bridgehead atoms. The first-order valence-corrected chi connectivity index (χ1v) is 7.22. The van der Waals surface area contributed by atoms with Gasteiger partial charge in [-0.25, -0.2) is 0 Å². The smallest absolute Gasteiger partial charge is 0.157 e. The molecule has 0 aliphatic heterocycles. The zero-order valence-corrected chi connectivity index (χ0v) is 12.5. The molecule has 1 aromatic carbocycles. The molecule has 108 valence electrons. The monoisotopic (exact) mass is 273 g/mol. The Morgan fingerprint density at radius 2 is 1.85 bits per heavy atom. The first-order valence-electron chi connectivity index (χ1n) is 7.22. The van der Waals surface area contributed by atoms with E-state index in [-0.39, 0.29) is 5.41 Å². The van der Waals surface area contributed by atoms with Crippen LogP contribution < -0.4 is 5.32 Å². The van der Waals surface area contributed by atoms with Crippen molar-refractivity contribution in [3.05, 3.63) is 36.2 Å². The van der Waals surface area contributed by atoms with E-state index in [1.165, 1.54) is 0 Å². The van der Waals surface area contributed by atoms with Crippen molar-refractivity contribution in [3.8, 4) is 5.69 Å². The van der Waals surface area contributed by atoms with E-state index in [1.807, 2.05) is 42.1 Å². The van der Waals surface area contributed by atoms with Gasteiger partial charge in [0.2, 0.25) is 0 Å². The highest BCUT2D eigenvalue weighted by Gasteiger charge is 2.28. The first kappa shape index (κ1) is 14.7. The third-order valence-electron chi connectivity index (χ3n) is 4.12. The maximum atomic E-state index is 4.23. The van der Waals surface area contributed by atoms with Gasteiger partial charge in [-0.1, -0.05) is 32.0 Å². The van der Waals surface area contributed by atoms with Crippen LogP contribution >= 0.6 is 0 Å². The van der Waals surface area contributed by atoms with E-state index in [9.17, 15) is 0 Å². The van der Waals surface area contributed by atoms with Gasteiger partial charge < -0.3 is 5.32 Å². The summed E-state index contributed by atoms with van der Waals surface area (Å²) in [7, 11) is 2.00. The number of rotatable bonds is 7. The predicted octanol–water partition coefficient (Wildman–Crippen LogP) is 2.23. The first-order chi connectivity index (χ1) is 9.74. The molecule has 0 saturated carbocycles. The van der Waals surface area contributed by atoms with Crippen molar-refractivity contribution >= 4 is 0 Å². The van der Waals surface area contributed by atoms with Gasteiger partial charge in [-0.05, 0) is 47.9 Å². The summed E-state index contributed by atoms with van der Waals surface area (Å²) < 4.78 is 1.84. The van der Waals surface area contributed by atoms with Gasteiger partial charge in [-0.2, -0.15) is 4.68 Å². The van der Waals surface area contributed by atoms with Crippen molar-refractivity contribution in [2.45, 2.75) is 33.1 Å². The maximum Gasteiger partial charge on any atom is 0.157 e. The third-order valence-corrected chi connectivity index (χ3v) is 4.12. The van der Waals surface area contributed by atoms with Crippen LogP contribution in [-0.4, -0.2) is 33.8 Å². The van der Waals surface area contributed by atoms with Crippen LogP contribution in [0.25, 0.3) is 5.69 Å². The highest BCUT2D eigenvalue weighted by Crippen LogP contribution is 2.29. The summed E-state index contributed by atoms with van der Waals surface area (Å²) in [6.07, 6.45) is 3.08. The molecule has 0 aliphatic carbocycles. The van der Waals surface area contributed by atoms with E-state index < -0.39 is 0 Å². The number of hydrogen-bond acceptors (Lipinski definition) is 4. The van der Waals surface area contributed by atoms with Crippen molar-refractivity contribution in [2.75, 3.05) is 13.6 Å². The number of nitrogens with zero attached hydrogens (tertiary/aromatic N) is 4. The third kappa shape index (κ3) is 3.04. The Kier molecular flexibility index (Phi) is 4.84. The maximum absolute atomic E-state index is 4.23. The molecule has 2 rings (SSSR count). The van der Waals surface area contributed by atoms with Gasteiger partial charge in [-0.3, -0.25) is 0 Å². The van der Waals surface area contributed by atoms with Gasteiger partial charge in [0.05, 0.1) is 5.69 Å². The summed E-state index contributed by atoms with van der Waals surface area (Å²) in [5.74, 6) is 0.926. The number of tetrazole rings is 1. The minimum atomic E-state index is 0.204. The number of hydrogen-bond donors (Lipinski definition) is 1. The second kappa shape index (κ2) is 6.61. The van der Waals surface area contributed by atoms with E-state index in [0.717, 1.165) is 37.3 Å². The van der Waals surface area contributed by atoms with Crippen LogP contribution in [0.15, 0.2) is 30.3 Å². The molecule has 1 heterocycles. The molecular weight excluding hydrogens is 250 g/mol. The van der Waals surface area contributed by atoms with E-state index in [4.69, 9.17) is 0 Å². The zero-order chi connectivity index (χ0) is 14.4. The average Bonchev–Trinajstić information content (AvgIpc) is 2.95. The Morgan fingerprint density at radius 3 is 2.45 bits per heavy atom. The second-order valence-electron chi connectivity index (χ2n) is 5.26. The molecule has 0 unspecified atom stereocenters. The highest BCUT2D eigenvalue weighted by molar-refractivity contribution is 5.30. The highest BCUT2D eigenvalue weighted by atomic mass is 15.5. The second-order valence-corrected chi connectivity index (χ2v) is 5.26. The van der Waals surface area contributed by atoms with Gasteiger partial charge in [0.25, 0.3) is 0 Å². The van der Waals surface area contributed by atoms with Crippen molar-refractivity contribution in [1.29, 1.82) is 0 Å². The summed E-state index contributed by atoms with van der Waals surface area (Å²) in [5, 5.41) is 15.5. The fourth-order valence-electron chi connectivity index (χ4n) is 2.61. The van der Waals surface area contributed by atoms with Crippen LogP contribution in [0.3, 0.4) is 0 Å². The molecule has 0 saturated heterocycles. The molecule has 0 atom stereocenters. The van der Waals surface area contributed by atoms with Crippen LogP contribution in [-0.2, 0) is 6.42 Å². The Labute approximate surface area is 120 Å². The van der Waals surface area contributed by atoms with Gasteiger partial charge in [0.15, 0.2) is 5.82 Å². The van der Waals surface area contributed by atoms with Gasteiger partial charge in [-0.15, -0.1) is 5.10 Å². The summed E-state index contributed by atoms with van der Waals surface area (Å²) >= 11 is 0. The van der Waals surface area contributed by atoms with E-state index in [1.54, 1.807) is 0 Å². The van der Waals surface area contributed by atoms with Crippen LogP contribution in [0, 0.1) is 5.41 Å². The Balaban J connectivity index is 2.28. The molecule has 0 spiro atoms. The fraction of sp³-hybridized carbons (Fsp3) is 0.533. The largest absolute Gasteiger partial charge is 0.319 e. The van der Waals surface area contributed by atoms with Crippen molar-refractivity contribution in [1.82, 2.24) is 25.5 Å². The predicted molar refractivity (Wildman–Crippen MR) is 79.8 cm³/mol. The zero-order valence-electron chi connectivity index (χ0n) is 12.5. The molecule has 1 N–H and O–H groups in total. The lowest BCUT2D eigenvalue weighted by molar-refractivity contribution is 0.246. The molecule has 5 heteroatoms. The molecule has 0 amide bonds. The van der Waals surface area contributed by atoms with Gasteiger partial charge >= 0.3 is 0 Å². The van der Waals surface area contributed by atoms with Crippen molar-refractivity contribution in [2.24, 2.45) is 5.41 Å². The van der Waals surface area contributed by atoms with Gasteiger partial charge in [0.1, 0.15) is 0 Å². The lowest BCUT2D eigenvalue weighted by Crippen LogP contribution is -2.34. The average molecular weight is 273 g/mol. The molecule has 0 fully saturated rings. The van der Waals surface area contributed by atoms with Crippen molar-refractivity contribution < 1.29 is 0 Å². The van der Waals surface area contributed by atoms with Crippen LogP contribution in [0.2, 0.25) is 0 Å². The Morgan fingerprint density at radius 1 is 1.15 bits per heavy atom. The minimum absolute atomic E-state index is 0.204. The molecule has 5 nitrogen and oxygen atoms in total. The Bertz CT molecular complexity index is 516. The number of benzene rings is 1. The van der Waals surface area contributed by atoms with E-state index in [2.05, 4.69) is 34.7 Å². The molecule has 2 aromatic rings. The van der Waals surface area contributed by atoms with E-state index in [0.29, 0.717) is 0 Å². The van der Waals surface area contributed by atoms with Gasteiger partial charge in [0, 0.05) is 13.0 Å². The fourth-order valence-corrected chi connectivity index (χ4v) is 2.61. The standard InChI is InChI=1S/C15H23N5/c1-4-15(5-2,12-16-3)11-14-17-18-19-20(14)13-9-7-6-8-10-13/h6-10,16H,4-5,11-12H2,1-3H3. The number of aromatic nitrogens is 4. The summed E-state index contributed by atoms with van der Waals surface area (Å²) in [6.45, 7) is 5.44. The topological polar surface area (TPSA) is 55.6 Å². The van der Waals surface area contributed by atoms with Crippen LogP contribution in [0.1, 0.15) is 32.5 Å².